The predicted octanol–water partition coefficient (Wildman–Crippen LogP) is 3.49. The van der Waals surface area contributed by atoms with E-state index < -0.39 is 15.9 Å². The molecule has 0 radical (unpaired) electrons. The van der Waals surface area contributed by atoms with Gasteiger partial charge in [-0.05, 0) is 37.1 Å². The third-order valence-electron chi connectivity index (χ3n) is 5.09. The Bertz CT molecular complexity index is 1280. The average molecular weight is 486 g/mol. The van der Waals surface area contributed by atoms with Gasteiger partial charge in [-0.2, -0.15) is 9.30 Å². The van der Waals surface area contributed by atoms with E-state index in [2.05, 4.69) is 4.99 Å². The number of sulfonamides is 1. The lowest BCUT2D eigenvalue weighted by atomic mass is 9.99. The van der Waals surface area contributed by atoms with Gasteiger partial charge in [0.05, 0.1) is 22.1 Å². The first-order valence-corrected chi connectivity index (χ1v) is 12.7. The summed E-state index contributed by atoms with van der Waals surface area (Å²) in [6.07, 6.45) is 1.22. The van der Waals surface area contributed by atoms with Crippen molar-refractivity contribution < 1.29 is 17.9 Å². The number of nitrogens with zero attached hydrogens (tertiary/aromatic N) is 3. The van der Waals surface area contributed by atoms with Crippen LogP contribution < -0.4 is 9.54 Å². The summed E-state index contributed by atoms with van der Waals surface area (Å²) in [5.41, 5.74) is 0.874. The molecule has 1 saturated heterocycles. The minimum absolute atomic E-state index is 0.123. The van der Waals surface area contributed by atoms with Crippen LogP contribution in [0.2, 0.25) is 4.34 Å². The second kappa shape index (κ2) is 8.43. The molecular formula is C19H20ClN3O4S3. The number of thiazole rings is 1. The summed E-state index contributed by atoms with van der Waals surface area (Å²) in [6, 6.07) is 8.78. The van der Waals surface area contributed by atoms with E-state index >= 15 is 0 Å². The van der Waals surface area contributed by atoms with E-state index in [9.17, 15) is 13.2 Å². The summed E-state index contributed by atoms with van der Waals surface area (Å²) in [6.45, 7) is 0.508. The molecule has 7 nitrogen and oxygen atoms in total. The van der Waals surface area contributed by atoms with Crippen LogP contribution in [0.3, 0.4) is 0 Å². The zero-order valence-electron chi connectivity index (χ0n) is 16.4. The second-order valence-corrected chi connectivity index (χ2v) is 11.9. The molecule has 11 heteroatoms. The van der Waals surface area contributed by atoms with Crippen molar-refractivity contribution in [2.45, 2.75) is 17.1 Å². The summed E-state index contributed by atoms with van der Waals surface area (Å²) < 4.78 is 36.0. The molecule has 2 aromatic heterocycles. The van der Waals surface area contributed by atoms with Crippen LogP contribution in [0.5, 0.6) is 5.75 Å². The fraction of sp³-hybridized carbons (Fsp3) is 0.368. The molecule has 4 rings (SSSR count). The van der Waals surface area contributed by atoms with Gasteiger partial charge < -0.3 is 9.30 Å². The highest BCUT2D eigenvalue weighted by Crippen LogP contribution is 2.31. The Morgan fingerprint density at radius 2 is 2.07 bits per heavy atom. The number of halogens is 1. The van der Waals surface area contributed by atoms with Crippen molar-refractivity contribution in [3.05, 3.63) is 39.5 Å². The summed E-state index contributed by atoms with van der Waals surface area (Å²) in [5.74, 6) is -0.0685. The number of aryl methyl sites for hydroxylation is 1. The summed E-state index contributed by atoms with van der Waals surface area (Å²) >= 11 is 8.33. The highest BCUT2D eigenvalue weighted by molar-refractivity contribution is 7.91. The zero-order chi connectivity index (χ0) is 21.5. The molecule has 160 valence electrons. The normalized spacial score (nSPS) is 18.8. The molecule has 3 heterocycles. The van der Waals surface area contributed by atoms with Gasteiger partial charge in [0.15, 0.2) is 4.80 Å². The molecule has 30 heavy (non-hydrogen) atoms. The molecule has 1 aliphatic heterocycles. The summed E-state index contributed by atoms with van der Waals surface area (Å²) in [7, 11) is -0.221. The smallest absolute Gasteiger partial charge is 0.252 e. The van der Waals surface area contributed by atoms with E-state index in [1.807, 2.05) is 29.8 Å². The lowest BCUT2D eigenvalue weighted by Crippen LogP contribution is -2.42. The van der Waals surface area contributed by atoms with Crippen LogP contribution in [0.25, 0.3) is 10.2 Å². The number of hydrogen-bond acceptors (Lipinski definition) is 6. The van der Waals surface area contributed by atoms with Crippen molar-refractivity contribution in [3.63, 3.8) is 0 Å². The average Bonchev–Trinajstić information content (AvgIpc) is 3.32. The molecule has 3 aromatic rings. The molecule has 1 aromatic carbocycles. The van der Waals surface area contributed by atoms with Crippen LogP contribution in [0.1, 0.15) is 12.8 Å². The number of carbonyl (C=O) groups excluding carboxylic acids is 1. The van der Waals surface area contributed by atoms with Gasteiger partial charge in [0.25, 0.3) is 15.9 Å². The number of benzene rings is 1. The third-order valence-corrected chi connectivity index (χ3v) is 9.75. The molecule has 1 aliphatic rings. The van der Waals surface area contributed by atoms with Crippen LogP contribution in [-0.4, -0.2) is 43.4 Å². The minimum atomic E-state index is -3.66. The fourth-order valence-corrected chi connectivity index (χ4v) is 7.75. The van der Waals surface area contributed by atoms with Gasteiger partial charge in [-0.15, -0.1) is 11.3 Å². The van der Waals surface area contributed by atoms with E-state index in [4.69, 9.17) is 16.3 Å². The Labute approximate surface area is 187 Å². The topological polar surface area (TPSA) is 81.0 Å². The van der Waals surface area contributed by atoms with Gasteiger partial charge in [-0.3, -0.25) is 4.79 Å². The van der Waals surface area contributed by atoms with Crippen molar-refractivity contribution in [1.29, 1.82) is 0 Å². The number of fused-ring (bicyclic) bond motifs is 1. The Kier molecular flexibility index (Phi) is 6.04. The van der Waals surface area contributed by atoms with Crippen molar-refractivity contribution in [1.82, 2.24) is 8.87 Å². The van der Waals surface area contributed by atoms with E-state index in [0.717, 1.165) is 21.6 Å². The molecule has 1 unspecified atom stereocenters. The van der Waals surface area contributed by atoms with Crippen molar-refractivity contribution in [2.24, 2.45) is 18.0 Å². The van der Waals surface area contributed by atoms with Crippen molar-refractivity contribution in [2.75, 3.05) is 20.2 Å². The molecular weight excluding hydrogens is 466 g/mol. The predicted molar refractivity (Wildman–Crippen MR) is 119 cm³/mol. The Hall–Kier alpha value is -1.72. The first-order chi connectivity index (χ1) is 14.3. The zero-order valence-corrected chi connectivity index (χ0v) is 19.6. The number of methoxy groups -OCH3 is 1. The van der Waals surface area contributed by atoms with E-state index in [1.165, 1.54) is 21.7 Å². The molecule has 1 amide bonds. The lowest BCUT2D eigenvalue weighted by molar-refractivity contribution is -0.122. The van der Waals surface area contributed by atoms with E-state index in [0.29, 0.717) is 34.3 Å². The minimum Gasteiger partial charge on any atom is -0.495 e. The monoisotopic (exact) mass is 485 g/mol. The Morgan fingerprint density at radius 3 is 2.77 bits per heavy atom. The number of thiophene rings is 1. The second-order valence-electron chi connectivity index (χ2n) is 6.96. The molecule has 0 spiro atoms. The van der Waals surface area contributed by atoms with Crippen LogP contribution in [0.4, 0.5) is 0 Å². The van der Waals surface area contributed by atoms with Gasteiger partial charge in [0, 0.05) is 20.1 Å². The van der Waals surface area contributed by atoms with Crippen LogP contribution in [0.15, 0.2) is 39.5 Å². The number of ether oxygens (including phenoxy) is 1. The van der Waals surface area contributed by atoms with Gasteiger partial charge >= 0.3 is 0 Å². The number of aromatic nitrogens is 1. The quantitative estimate of drug-likeness (QED) is 0.566. The lowest BCUT2D eigenvalue weighted by Gasteiger charge is -2.29. The van der Waals surface area contributed by atoms with Crippen molar-refractivity contribution in [3.8, 4) is 5.75 Å². The first kappa shape index (κ1) is 21.5. The van der Waals surface area contributed by atoms with Gasteiger partial charge in [-0.1, -0.05) is 29.0 Å². The van der Waals surface area contributed by atoms with Gasteiger partial charge in [-0.25, -0.2) is 8.42 Å². The molecule has 1 atom stereocenters. The summed E-state index contributed by atoms with van der Waals surface area (Å²) in [5, 5.41) is 0. The Morgan fingerprint density at radius 1 is 1.27 bits per heavy atom. The maximum atomic E-state index is 12.9. The molecule has 0 saturated carbocycles. The number of hydrogen-bond donors (Lipinski definition) is 0. The van der Waals surface area contributed by atoms with E-state index in [-0.39, 0.29) is 16.7 Å². The van der Waals surface area contributed by atoms with Gasteiger partial charge in [0.2, 0.25) is 0 Å². The summed E-state index contributed by atoms with van der Waals surface area (Å²) in [4.78, 5) is 17.8. The number of rotatable bonds is 4. The molecule has 0 aliphatic carbocycles. The SMILES string of the molecule is COc1cccc2sc(=NC(=O)C3CCCN(S(=O)(=O)c4ccc(Cl)s4)C3)n(C)c12. The molecule has 0 bridgehead atoms. The third kappa shape index (κ3) is 3.94. The maximum absolute atomic E-state index is 12.9. The number of amides is 1. The molecule has 1 fully saturated rings. The number of carbonyl (C=O) groups is 1. The first-order valence-electron chi connectivity index (χ1n) is 9.28. The van der Waals surface area contributed by atoms with Crippen molar-refractivity contribution >= 4 is 60.4 Å². The largest absolute Gasteiger partial charge is 0.495 e. The van der Waals surface area contributed by atoms with E-state index in [1.54, 1.807) is 13.2 Å². The fourth-order valence-electron chi connectivity index (χ4n) is 3.55. The highest BCUT2D eigenvalue weighted by atomic mass is 35.5. The van der Waals surface area contributed by atoms with Crippen LogP contribution >= 0.6 is 34.3 Å². The van der Waals surface area contributed by atoms with Gasteiger partial charge in [0.1, 0.15) is 15.5 Å². The Balaban J connectivity index is 1.61. The standard InChI is InChI=1S/C19H20ClN3O4S3/c1-22-17-13(27-2)6-3-7-14(17)28-19(22)21-18(24)12-5-4-10-23(11-12)30(25,26)16-9-8-15(20)29-16/h3,6-9,12H,4-5,10-11H2,1-2H3. The highest BCUT2D eigenvalue weighted by Gasteiger charge is 2.34. The van der Waals surface area contributed by atoms with Crippen LogP contribution in [0, 0.1) is 5.92 Å². The molecule has 0 N–H and O–H groups in total. The maximum Gasteiger partial charge on any atom is 0.252 e. The number of piperidine rings is 1. The number of para-hydroxylation sites is 1. The van der Waals surface area contributed by atoms with Crippen LogP contribution in [-0.2, 0) is 21.9 Å².